The van der Waals surface area contributed by atoms with E-state index in [1.807, 2.05) is 35.1 Å². The molecule has 0 fully saturated rings. The van der Waals surface area contributed by atoms with Crippen LogP contribution < -0.4 is 5.56 Å². The first-order valence-corrected chi connectivity index (χ1v) is 10.7. The number of aryl methyl sites for hydroxylation is 1. The van der Waals surface area contributed by atoms with Gasteiger partial charge in [-0.05, 0) is 12.1 Å². The van der Waals surface area contributed by atoms with Crippen LogP contribution in [-0.2, 0) is 7.05 Å². The molecule has 0 atom stereocenters. The average molecular weight is 475 g/mol. The van der Waals surface area contributed by atoms with E-state index in [4.69, 9.17) is 0 Å². The molecule has 0 aliphatic rings. The van der Waals surface area contributed by atoms with Crippen LogP contribution in [0.1, 0.15) is 13.8 Å². The van der Waals surface area contributed by atoms with Gasteiger partial charge in [-0.1, -0.05) is 13.8 Å². The maximum absolute atomic E-state index is 14.2. The molecule has 0 aliphatic carbocycles. The molecule has 6 nitrogen and oxygen atoms in total. The van der Waals surface area contributed by atoms with Gasteiger partial charge in [-0.2, -0.15) is 0 Å². The molecule has 2 heterocycles. The number of aromatic nitrogens is 2. The van der Waals surface area contributed by atoms with Gasteiger partial charge in [0.2, 0.25) is 0 Å². The fraction of sp³-hybridized carbons (Fsp3) is 0.188. The topological polar surface area (TPSA) is 70.1 Å². The smallest absolute Gasteiger partial charge is 0.275 e. The fourth-order valence-corrected chi connectivity index (χ4v) is 3.77. The van der Waals surface area contributed by atoms with Crippen molar-refractivity contribution in [3.8, 4) is 11.1 Å². The second-order valence-electron chi connectivity index (χ2n) is 4.85. The monoisotopic (exact) mass is 475 g/mol. The normalized spacial score (nSPS) is 10.4. The molecule has 3 rings (SSSR count). The predicted molar refractivity (Wildman–Crippen MR) is 108 cm³/mol. The molecule has 0 spiro atoms. The molecule has 0 unspecified atom stereocenters. The van der Waals surface area contributed by atoms with Gasteiger partial charge in [0, 0.05) is 78.4 Å². The molecule has 0 bridgehead atoms. The van der Waals surface area contributed by atoms with Crippen LogP contribution in [0.2, 0.25) is 0 Å². The summed E-state index contributed by atoms with van der Waals surface area (Å²) >= 11 is 2.04. The van der Waals surface area contributed by atoms with Crippen LogP contribution in [-0.4, -0.2) is 13.5 Å². The summed E-state index contributed by atoms with van der Waals surface area (Å²) in [7, 11) is 2.88. The molecule has 1 aromatic carbocycles. The zero-order valence-electron chi connectivity index (χ0n) is 13.7. The van der Waals surface area contributed by atoms with Crippen molar-refractivity contribution in [1.29, 1.82) is 0 Å². The first-order valence-electron chi connectivity index (χ1n) is 7.38. The second kappa shape index (κ2) is 8.00. The van der Waals surface area contributed by atoms with Crippen molar-refractivity contribution in [3.05, 3.63) is 62.9 Å². The highest BCUT2D eigenvalue weighted by atomic mass is 127. The van der Waals surface area contributed by atoms with Crippen LogP contribution in [0.15, 0.2) is 41.5 Å². The van der Waals surface area contributed by atoms with E-state index < -0.39 is 10.7 Å². The number of hydrogen-bond acceptors (Lipinski definition) is 4. The minimum absolute atomic E-state index is 0.0935. The molecule has 0 aliphatic heterocycles. The summed E-state index contributed by atoms with van der Waals surface area (Å²) in [5.74, 6) is -0.578. The summed E-state index contributed by atoms with van der Waals surface area (Å²) in [6, 6.07) is 5.07. The van der Waals surface area contributed by atoms with Crippen molar-refractivity contribution in [2.75, 3.05) is 0 Å². The molecule has 3 aromatic rings. The van der Waals surface area contributed by atoms with Gasteiger partial charge in [0.05, 0.1) is 4.92 Å². The number of rotatable bonds is 3. The van der Waals surface area contributed by atoms with Crippen LogP contribution in [0.3, 0.4) is 0 Å². The maximum atomic E-state index is 14.2. The molecule has 25 heavy (non-hydrogen) atoms. The van der Waals surface area contributed by atoms with Crippen molar-refractivity contribution < 1.29 is 9.31 Å². The first-order chi connectivity index (χ1) is 11.9. The minimum Gasteiger partial charge on any atom is -0.316 e. The molecule has 0 saturated carbocycles. The van der Waals surface area contributed by atoms with E-state index in [0.717, 1.165) is 12.1 Å². The Bertz CT molecular complexity index is 1000. The Morgan fingerprint density at radius 2 is 1.92 bits per heavy atom. The highest BCUT2D eigenvalue weighted by Gasteiger charge is 2.18. The van der Waals surface area contributed by atoms with Crippen LogP contribution in [0, 0.1) is 15.9 Å². The van der Waals surface area contributed by atoms with Gasteiger partial charge >= 0.3 is 0 Å². The summed E-state index contributed by atoms with van der Waals surface area (Å²) in [5.41, 5.74) is 0.522. The Balaban J connectivity index is 0.00000109. The van der Waals surface area contributed by atoms with Crippen molar-refractivity contribution >= 4 is 46.9 Å². The van der Waals surface area contributed by atoms with Crippen molar-refractivity contribution in [1.82, 2.24) is 8.54 Å². The Morgan fingerprint density at radius 3 is 2.52 bits per heavy atom. The van der Waals surface area contributed by atoms with Gasteiger partial charge in [0.1, 0.15) is 11.3 Å². The number of halogens is 2. The molecule has 9 heteroatoms. The van der Waals surface area contributed by atoms with Crippen LogP contribution >= 0.6 is 30.3 Å². The van der Waals surface area contributed by atoms with Gasteiger partial charge in [0.25, 0.3) is 11.2 Å². The van der Waals surface area contributed by atoms with Gasteiger partial charge in [0.15, 0.2) is 0 Å². The third kappa shape index (κ3) is 3.56. The largest absolute Gasteiger partial charge is 0.316 e. The maximum Gasteiger partial charge on any atom is 0.275 e. The number of nitrogens with zero attached hydrogens (tertiary/aromatic N) is 3. The van der Waals surface area contributed by atoms with Gasteiger partial charge < -0.3 is 4.57 Å². The van der Waals surface area contributed by atoms with E-state index in [9.17, 15) is 19.3 Å². The van der Waals surface area contributed by atoms with Gasteiger partial charge in [-0.25, -0.2) is 4.39 Å². The van der Waals surface area contributed by atoms with E-state index in [-0.39, 0.29) is 16.8 Å². The lowest BCUT2D eigenvalue weighted by molar-refractivity contribution is -0.384. The highest BCUT2D eigenvalue weighted by Crippen LogP contribution is 2.33. The minimum atomic E-state index is -0.578. The first kappa shape index (κ1) is 19.4. The summed E-state index contributed by atoms with van der Waals surface area (Å²) in [6.07, 6.45) is 3.21. The highest BCUT2D eigenvalue weighted by molar-refractivity contribution is 14.2. The SMILES string of the molecule is CC.Cn1cc(-c2cc([N+](=O)[O-])ccc2F)c2ccn(SI)c2c1=O. The molecule has 0 amide bonds. The number of benzene rings is 1. The van der Waals surface area contributed by atoms with E-state index >= 15 is 0 Å². The third-order valence-corrected chi connectivity index (χ3v) is 5.24. The second-order valence-corrected chi connectivity index (χ2v) is 6.57. The summed E-state index contributed by atoms with van der Waals surface area (Å²) in [6.45, 7) is 4.00. The number of nitro benzene ring substituents is 1. The van der Waals surface area contributed by atoms with Crippen molar-refractivity contribution in [2.24, 2.45) is 7.05 Å². The Hall–Kier alpha value is -1.88. The molecular weight excluding hydrogens is 460 g/mol. The average Bonchev–Trinajstić information content (AvgIpc) is 3.04. The number of hydrogen-bond donors (Lipinski definition) is 0. The zero-order chi connectivity index (χ0) is 18.7. The number of pyridine rings is 1. The summed E-state index contributed by atoms with van der Waals surface area (Å²) in [5, 5.41) is 11.5. The molecule has 0 radical (unpaired) electrons. The quantitative estimate of drug-likeness (QED) is 0.306. The molecule has 2 aromatic heterocycles. The Labute approximate surface area is 159 Å². The van der Waals surface area contributed by atoms with Crippen molar-refractivity contribution in [2.45, 2.75) is 13.8 Å². The Morgan fingerprint density at radius 1 is 1.24 bits per heavy atom. The van der Waals surface area contributed by atoms with E-state index in [1.54, 1.807) is 23.3 Å². The van der Waals surface area contributed by atoms with Gasteiger partial charge in [-0.15, -0.1) is 0 Å². The summed E-state index contributed by atoms with van der Waals surface area (Å²) in [4.78, 5) is 22.7. The molecule has 132 valence electrons. The third-order valence-electron chi connectivity index (χ3n) is 3.51. The zero-order valence-corrected chi connectivity index (χ0v) is 16.7. The lowest BCUT2D eigenvalue weighted by Gasteiger charge is -2.09. The standard InChI is InChI=1S/C14H9FIN3O3S.C2H6/c1-17-7-11(9-4-5-18(23-16)13(9)14(17)20)10-6-8(19(21)22)2-3-12(10)15;1-2/h2-7H,1H3;1-2H3. The van der Waals surface area contributed by atoms with E-state index in [0.29, 0.717) is 16.5 Å². The molecule has 0 N–H and O–H groups in total. The molecular formula is C16H15FIN3O3S. The molecule has 0 saturated heterocycles. The number of non-ortho nitro benzene ring substituents is 1. The van der Waals surface area contributed by atoms with E-state index in [2.05, 4.69) is 0 Å². The fourth-order valence-electron chi connectivity index (χ4n) is 2.44. The Kier molecular flexibility index (Phi) is 6.22. The number of fused-ring (bicyclic) bond motifs is 1. The van der Waals surface area contributed by atoms with Crippen LogP contribution in [0.4, 0.5) is 10.1 Å². The lowest BCUT2D eigenvalue weighted by Crippen LogP contribution is -2.18. The summed E-state index contributed by atoms with van der Waals surface area (Å²) < 4.78 is 17.3. The van der Waals surface area contributed by atoms with Gasteiger partial charge in [-0.3, -0.25) is 18.9 Å². The van der Waals surface area contributed by atoms with Crippen molar-refractivity contribution in [3.63, 3.8) is 0 Å². The van der Waals surface area contributed by atoms with Crippen LogP contribution in [0.25, 0.3) is 22.0 Å². The van der Waals surface area contributed by atoms with Crippen LogP contribution in [0.5, 0.6) is 0 Å². The predicted octanol–water partition coefficient (Wildman–Crippen LogP) is 4.93. The number of nitro groups is 1. The lowest BCUT2D eigenvalue weighted by atomic mass is 10.0. The van der Waals surface area contributed by atoms with E-state index in [1.165, 1.54) is 25.9 Å².